The van der Waals surface area contributed by atoms with Crippen LogP contribution < -0.4 is 10.3 Å². The van der Waals surface area contributed by atoms with Gasteiger partial charge in [-0.2, -0.15) is 5.26 Å². The van der Waals surface area contributed by atoms with E-state index in [2.05, 4.69) is 4.98 Å². The van der Waals surface area contributed by atoms with E-state index in [1.54, 1.807) is 29.0 Å². The smallest absolute Gasteiger partial charge is 0.260 e. The molecule has 3 rings (SSSR count). The largest absolute Gasteiger partial charge is 0.508 e. The lowest BCUT2D eigenvalue weighted by molar-refractivity contribution is 0.398. The number of benzene rings is 1. The van der Waals surface area contributed by atoms with E-state index < -0.39 is 0 Å². The molecule has 6 heteroatoms. The average Bonchev–Trinajstić information content (AvgIpc) is 2.61. The number of hydrogen-bond acceptors (Lipinski definition) is 5. The molecule has 1 aromatic carbocycles. The monoisotopic (exact) mass is 321 g/mol. The third kappa shape index (κ3) is 2.92. The highest BCUT2D eigenvalue weighted by Gasteiger charge is 2.10. The highest BCUT2D eigenvalue weighted by atomic mass is 16.5. The number of nitrogens with zero attached hydrogens (tertiary/aromatic N) is 3. The van der Waals surface area contributed by atoms with E-state index in [9.17, 15) is 9.90 Å². The summed E-state index contributed by atoms with van der Waals surface area (Å²) < 4.78 is 6.65. The van der Waals surface area contributed by atoms with Crippen LogP contribution in [0.3, 0.4) is 0 Å². The summed E-state index contributed by atoms with van der Waals surface area (Å²) in [6, 6.07) is 12.1. The number of aryl methyl sites for hydroxylation is 2. The van der Waals surface area contributed by atoms with E-state index >= 15 is 0 Å². The van der Waals surface area contributed by atoms with Gasteiger partial charge in [0.15, 0.2) is 0 Å². The molecule has 1 N–H and O–H groups in total. The van der Waals surface area contributed by atoms with Crippen LogP contribution in [0.1, 0.15) is 11.1 Å². The number of rotatable bonds is 4. The minimum absolute atomic E-state index is 0.196. The molecule has 0 bridgehead atoms. The van der Waals surface area contributed by atoms with E-state index in [1.807, 2.05) is 18.2 Å². The summed E-state index contributed by atoms with van der Waals surface area (Å²) in [5.41, 5.74) is 1.55. The molecular weight excluding hydrogens is 306 g/mol. The molecule has 0 aliphatic heterocycles. The average molecular weight is 321 g/mol. The van der Waals surface area contributed by atoms with E-state index in [1.165, 1.54) is 13.2 Å². The van der Waals surface area contributed by atoms with Gasteiger partial charge >= 0.3 is 0 Å². The fraction of sp³-hybridized carbons (Fsp3) is 0.167. The van der Waals surface area contributed by atoms with Crippen LogP contribution in [0.15, 0.2) is 47.4 Å². The number of methoxy groups -OCH3 is 1. The maximum atomic E-state index is 12.6. The van der Waals surface area contributed by atoms with Gasteiger partial charge in [-0.15, -0.1) is 0 Å². The van der Waals surface area contributed by atoms with Crippen LogP contribution in [-0.2, 0) is 13.0 Å². The van der Waals surface area contributed by atoms with Gasteiger partial charge in [-0.05, 0) is 36.2 Å². The Kier molecular flexibility index (Phi) is 4.17. The predicted octanol–water partition coefficient (Wildman–Crippen LogP) is 2.23. The lowest BCUT2D eigenvalue weighted by atomic mass is 10.1. The third-order valence-corrected chi connectivity index (χ3v) is 3.81. The lowest BCUT2D eigenvalue weighted by Gasteiger charge is -2.09. The Bertz CT molecular complexity index is 985. The molecular formula is C18H15N3O3. The molecule has 0 radical (unpaired) electrons. The lowest BCUT2D eigenvalue weighted by Crippen LogP contribution is -2.21. The molecule has 0 aliphatic rings. The number of hydrogen-bond donors (Lipinski definition) is 1. The second-order valence-corrected chi connectivity index (χ2v) is 5.32. The molecule has 120 valence electrons. The van der Waals surface area contributed by atoms with Crippen LogP contribution in [0.4, 0.5) is 0 Å². The first-order valence-corrected chi connectivity index (χ1v) is 7.38. The third-order valence-electron chi connectivity index (χ3n) is 3.81. The summed E-state index contributed by atoms with van der Waals surface area (Å²) in [6.07, 6.45) is 2.34. The molecule has 0 amide bonds. The minimum Gasteiger partial charge on any atom is -0.508 e. The number of fused-ring (bicyclic) bond motifs is 1. The van der Waals surface area contributed by atoms with Crippen molar-refractivity contribution in [2.24, 2.45) is 0 Å². The molecule has 24 heavy (non-hydrogen) atoms. The fourth-order valence-corrected chi connectivity index (χ4v) is 2.52. The number of aromatic hydroxyl groups is 1. The van der Waals surface area contributed by atoms with Crippen molar-refractivity contribution in [2.45, 2.75) is 13.0 Å². The standard InChI is InChI=1S/C18H15N3O3/c1-24-17-13(11-19)10-15-16(20-17)7-9-21(18(15)23)8-6-12-2-4-14(22)5-3-12/h2-5,7,9-10,22H,6,8H2,1H3. The molecule has 0 spiro atoms. The Balaban J connectivity index is 1.95. The van der Waals surface area contributed by atoms with Crippen molar-refractivity contribution in [3.63, 3.8) is 0 Å². The predicted molar refractivity (Wildman–Crippen MR) is 89.1 cm³/mol. The SMILES string of the molecule is COc1nc2ccn(CCc3ccc(O)cc3)c(=O)c2cc1C#N. The van der Waals surface area contributed by atoms with E-state index in [0.29, 0.717) is 23.9 Å². The van der Waals surface area contributed by atoms with Gasteiger partial charge in [-0.1, -0.05) is 12.1 Å². The van der Waals surface area contributed by atoms with Gasteiger partial charge in [-0.3, -0.25) is 4.79 Å². The van der Waals surface area contributed by atoms with Crippen molar-refractivity contribution in [2.75, 3.05) is 7.11 Å². The van der Waals surface area contributed by atoms with Crippen LogP contribution in [0.25, 0.3) is 10.9 Å². The van der Waals surface area contributed by atoms with Crippen molar-refractivity contribution in [1.82, 2.24) is 9.55 Å². The molecule has 0 atom stereocenters. The van der Waals surface area contributed by atoms with E-state index in [4.69, 9.17) is 10.00 Å². The molecule has 0 unspecified atom stereocenters. The Morgan fingerprint density at radius 3 is 2.71 bits per heavy atom. The zero-order valence-electron chi connectivity index (χ0n) is 13.1. The maximum absolute atomic E-state index is 12.6. The summed E-state index contributed by atoms with van der Waals surface area (Å²) in [7, 11) is 1.44. The zero-order chi connectivity index (χ0) is 17.1. The molecule has 6 nitrogen and oxygen atoms in total. The molecule has 3 aromatic rings. The number of phenols is 1. The number of pyridine rings is 2. The normalized spacial score (nSPS) is 10.5. The molecule has 0 fully saturated rings. The first-order valence-electron chi connectivity index (χ1n) is 7.38. The zero-order valence-corrected chi connectivity index (χ0v) is 13.1. The van der Waals surface area contributed by atoms with Crippen LogP contribution in [0, 0.1) is 11.3 Å². The molecule has 2 heterocycles. The number of ether oxygens (including phenoxy) is 1. The summed E-state index contributed by atoms with van der Waals surface area (Å²) in [5, 5.41) is 18.8. The van der Waals surface area contributed by atoms with Crippen molar-refractivity contribution < 1.29 is 9.84 Å². The van der Waals surface area contributed by atoms with Crippen molar-refractivity contribution >= 4 is 10.9 Å². The first-order chi connectivity index (χ1) is 11.6. The van der Waals surface area contributed by atoms with Crippen LogP contribution >= 0.6 is 0 Å². The van der Waals surface area contributed by atoms with Crippen molar-refractivity contribution in [1.29, 1.82) is 5.26 Å². The molecule has 2 aromatic heterocycles. The van der Waals surface area contributed by atoms with Gasteiger partial charge in [0.05, 0.1) is 18.0 Å². The highest BCUT2D eigenvalue weighted by Crippen LogP contribution is 2.19. The Morgan fingerprint density at radius 1 is 1.29 bits per heavy atom. The van der Waals surface area contributed by atoms with Crippen LogP contribution in [-0.4, -0.2) is 21.8 Å². The minimum atomic E-state index is -0.196. The van der Waals surface area contributed by atoms with Crippen molar-refractivity contribution in [3.05, 3.63) is 64.1 Å². The second kappa shape index (κ2) is 6.42. The summed E-state index contributed by atoms with van der Waals surface area (Å²) >= 11 is 0. The number of aromatic nitrogens is 2. The van der Waals surface area contributed by atoms with Gasteiger partial charge < -0.3 is 14.4 Å². The van der Waals surface area contributed by atoms with E-state index in [0.717, 1.165) is 5.56 Å². The maximum Gasteiger partial charge on any atom is 0.260 e. The summed E-state index contributed by atoms with van der Waals surface area (Å²) in [5.74, 6) is 0.428. The van der Waals surface area contributed by atoms with Gasteiger partial charge in [0.25, 0.3) is 5.56 Å². The van der Waals surface area contributed by atoms with Crippen LogP contribution in [0.5, 0.6) is 11.6 Å². The van der Waals surface area contributed by atoms with Crippen LogP contribution in [0.2, 0.25) is 0 Å². The highest BCUT2D eigenvalue weighted by molar-refractivity contribution is 5.79. The van der Waals surface area contributed by atoms with Crippen molar-refractivity contribution in [3.8, 4) is 17.7 Å². The quantitative estimate of drug-likeness (QED) is 0.796. The van der Waals surface area contributed by atoms with Gasteiger partial charge in [-0.25, -0.2) is 4.98 Å². The van der Waals surface area contributed by atoms with Gasteiger partial charge in [0.1, 0.15) is 17.4 Å². The van der Waals surface area contributed by atoms with Gasteiger partial charge in [0, 0.05) is 12.7 Å². The number of phenolic OH excluding ortho intramolecular Hbond substituents is 1. The fourth-order valence-electron chi connectivity index (χ4n) is 2.52. The summed E-state index contributed by atoms with van der Waals surface area (Å²) in [4.78, 5) is 16.8. The molecule has 0 aliphatic carbocycles. The Hall–Kier alpha value is -3.33. The second-order valence-electron chi connectivity index (χ2n) is 5.32. The van der Waals surface area contributed by atoms with Gasteiger partial charge in [0.2, 0.25) is 5.88 Å². The Labute approximate surface area is 138 Å². The molecule has 0 saturated carbocycles. The van der Waals surface area contributed by atoms with E-state index in [-0.39, 0.29) is 22.8 Å². The molecule has 0 saturated heterocycles. The first kappa shape index (κ1) is 15.6. The number of nitriles is 1. The summed E-state index contributed by atoms with van der Waals surface area (Å²) in [6.45, 7) is 0.494. The topological polar surface area (TPSA) is 88.1 Å². The Morgan fingerprint density at radius 2 is 2.04 bits per heavy atom.